The standard InChI is InChI=1S/C19H25FN4O.HI/c1-24(18-11-6-4-9-16(18)20)13-7-12-22-19(21)23-17-10-5-3-8-15(17)14-25-2;/h3-6,8-11H,7,12-14H2,1-2H3,(H3,21,22,23);1H. The van der Waals surface area contributed by atoms with Crippen molar-refractivity contribution in [2.45, 2.75) is 13.0 Å². The van der Waals surface area contributed by atoms with Gasteiger partial charge < -0.3 is 20.7 Å². The summed E-state index contributed by atoms with van der Waals surface area (Å²) in [6.45, 7) is 1.76. The molecule has 0 amide bonds. The van der Waals surface area contributed by atoms with Gasteiger partial charge in [0.1, 0.15) is 5.82 Å². The lowest BCUT2D eigenvalue weighted by Crippen LogP contribution is -2.24. The van der Waals surface area contributed by atoms with Crippen LogP contribution in [0.5, 0.6) is 0 Å². The van der Waals surface area contributed by atoms with E-state index in [0.29, 0.717) is 31.3 Å². The van der Waals surface area contributed by atoms with Crippen LogP contribution in [0.25, 0.3) is 0 Å². The third kappa shape index (κ3) is 6.80. The lowest BCUT2D eigenvalue weighted by Gasteiger charge is -2.19. The first-order chi connectivity index (χ1) is 12.1. The zero-order chi connectivity index (χ0) is 18.1. The van der Waals surface area contributed by atoms with E-state index in [2.05, 4.69) is 10.3 Å². The minimum Gasteiger partial charge on any atom is -0.380 e. The molecule has 0 aromatic heterocycles. The Kier molecular flexibility index (Phi) is 9.97. The van der Waals surface area contributed by atoms with Crippen LogP contribution in [-0.2, 0) is 11.3 Å². The fraction of sp³-hybridized carbons (Fsp3) is 0.316. The number of nitrogens with two attached hydrogens (primary N) is 1. The Balaban J connectivity index is 0.00000338. The third-order valence-corrected chi connectivity index (χ3v) is 3.78. The van der Waals surface area contributed by atoms with E-state index >= 15 is 0 Å². The van der Waals surface area contributed by atoms with Gasteiger partial charge in [0.2, 0.25) is 0 Å². The number of ether oxygens (including phenoxy) is 1. The quantitative estimate of drug-likeness (QED) is 0.265. The molecule has 0 saturated carbocycles. The van der Waals surface area contributed by atoms with Crippen LogP contribution in [0.3, 0.4) is 0 Å². The van der Waals surface area contributed by atoms with Gasteiger partial charge in [0, 0.05) is 38.5 Å². The highest BCUT2D eigenvalue weighted by Crippen LogP contribution is 2.17. The molecule has 0 aliphatic carbocycles. The van der Waals surface area contributed by atoms with Crippen molar-refractivity contribution in [3.05, 3.63) is 59.9 Å². The Morgan fingerprint density at radius 2 is 1.88 bits per heavy atom. The molecular formula is C19H26FIN4O. The number of hydrogen-bond acceptors (Lipinski definition) is 3. The van der Waals surface area contributed by atoms with E-state index in [1.54, 1.807) is 19.2 Å². The highest BCUT2D eigenvalue weighted by atomic mass is 127. The maximum absolute atomic E-state index is 13.7. The molecule has 26 heavy (non-hydrogen) atoms. The van der Waals surface area contributed by atoms with Crippen LogP contribution in [0.1, 0.15) is 12.0 Å². The van der Waals surface area contributed by atoms with Crippen LogP contribution < -0.4 is 16.0 Å². The van der Waals surface area contributed by atoms with Gasteiger partial charge in [-0.05, 0) is 24.6 Å². The van der Waals surface area contributed by atoms with Crippen molar-refractivity contribution in [2.24, 2.45) is 10.7 Å². The van der Waals surface area contributed by atoms with Gasteiger partial charge >= 0.3 is 0 Å². The summed E-state index contributed by atoms with van der Waals surface area (Å²) in [6, 6.07) is 14.5. The smallest absolute Gasteiger partial charge is 0.193 e. The number of hydrogen-bond donors (Lipinski definition) is 2. The van der Waals surface area contributed by atoms with Gasteiger partial charge in [-0.2, -0.15) is 0 Å². The van der Waals surface area contributed by atoms with E-state index in [0.717, 1.165) is 17.7 Å². The summed E-state index contributed by atoms with van der Waals surface area (Å²) in [5.74, 6) is 0.140. The number of aliphatic imine (C=N–C) groups is 1. The first-order valence-corrected chi connectivity index (χ1v) is 8.21. The molecule has 0 aliphatic heterocycles. The normalized spacial score (nSPS) is 11.0. The van der Waals surface area contributed by atoms with E-state index in [4.69, 9.17) is 10.5 Å². The summed E-state index contributed by atoms with van der Waals surface area (Å²) in [5.41, 5.74) is 8.44. The lowest BCUT2D eigenvalue weighted by atomic mass is 10.2. The average molecular weight is 472 g/mol. The number of methoxy groups -OCH3 is 1. The summed E-state index contributed by atoms with van der Waals surface area (Å²) >= 11 is 0. The van der Waals surface area contributed by atoms with Crippen molar-refractivity contribution in [3.8, 4) is 0 Å². The Bertz CT molecular complexity index is 711. The Morgan fingerprint density at radius 3 is 2.62 bits per heavy atom. The van der Waals surface area contributed by atoms with Crippen molar-refractivity contribution >= 4 is 41.3 Å². The largest absolute Gasteiger partial charge is 0.380 e. The van der Waals surface area contributed by atoms with Crippen LogP contribution in [0, 0.1) is 5.82 Å². The van der Waals surface area contributed by atoms with Crippen LogP contribution in [0.4, 0.5) is 15.8 Å². The van der Waals surface area contributed by atoms with Crippen molar-refractivity contribution in [1.29, 1.82) is 0 Å². The Morgan fingerprint density at radius 1 is 1.19 bits per heavy atom. The molecular weight excluding hydrogens is 446 g/mol. The molecule has 7 heteroatoms. The molecule has 0 unspecified atom stereocenters. The maximum atomic E-state index is 13.7. The molecule has 0 atom stereocenters. The predicted molar refractivity (Wildman–Crippen MR) is 117 cm³/mol. The van der Waals surface area contributed by atoms with Crippen molar-refractivity contribution < 1.29 is 9.13 Å². The van der Waals surface area contributed by atoms with Gasteiger partial charge in [-0.15, -0.1) is 24.0 Å². The molecule has 0 radical (unpaired) electrons. The van der Waals surface area contributed by atoms with Crippen LogP contribution >= 0.6 is 24.0 Å². The molecule has 142 valence electrons. The predicted octanol–water partition coefficient (Wildman–Crippen LogP) is 3.84. The lowest BCUT2D eigenvalue weighted by molar-refractivity contribution is 0.185. The van der Waals surface area contributed by atoms with Gasteiger partial charge in [-0.3, -0.25) is 4.99 Å². The summed E-state index contributed by atoms with van der Waals surface area (Å²) in [4.78, 5) is 6.21. The Labute approximate surface area is 171 Å². The number of guanidine groups is 1. The van der Waals surface area contributed by atoms with E-state index in [9.17, 15) is 4.39 Å². The number of para-hydroxylation sites is 2. The minimum atomic E-state index is -0.218. The highest BCUT2D eigenvalue weighted by Gasteiger charge is 2.06. The second-order valence-electron chi connectivity index (χ2n) is 5.71. The fourth-order valence-corrected chi connectivity index (χ4v) is 2.49. The first-order valence-electron chi connectivity index (χ1n) is 8.21. The Hall–Kier alpha value is -1.87. The number of rotatable bonds is 8. The van der Waals surface area contributed by atoms with E-state index in [1.807, 2.05) is 42.3 Å². The highest BCUT2D eigenvalue weighted by molar-refractivity contribution is 14.0. The van der Waals surface area contributed by atoms with Gasteiger partial charge in [0.25, 0.3) is 0 Å². The molecule has 3 N–H and O–H groups in total. The average Bonchev–Trinajstić information content (AvgIpc) is 2.61. The topological polar surface area (TPSA) is 62.9 Å². The third-order valence-electron chi connectivity index (χ3n) is 3.78. The minimum absolute atomic E-state index is 0. The van der Waals surface area contributed by atoms with Crippen LogP contribution in [0.2, 0.25) is 0 Å². The van der Waals surface area contributed by atoms with Crippen LogP contribution in [0.15, 0.2) is 53.5 Å². The van der Waals surface area contributed by atoms with Crippen LogP contribution in [-0.4, -0.2) is 33.2 Å². The van der Waals surface area contributed by atoms with Crippen molar-refractivity contribution in [3.63, 3.8) is 0 Å². The first kappa shape index (κ1) is 22.2. The number of benzene rings is 2. The number of anilines is 2. The van der Waals surface area contributed by atoms with Gasteiger partial charge in [0.05, 0.1) is 12.3 Å². The van der Waals surface area contributed by atoms with E-state index in [-0.39, 0.29) is 29.8 Å². The van der Waals surface area contributed by atoms with Gasteiger partial charge in [0.15, 0.2) is 5.96 Å². The molecule has 0 spiro atoms. The number of nitrogens with zero attached hydrogens (tertiary/aromatic N) is 2. The summed E-state index contributed by atoms with van der Waals surface area (Å²) in [7, 11) is 3.52. The van der Waals surface area contributed by atoms with Crippen molar-refractivity contribution in [1.82, 2.24) is 0 Å². The zero-order valence-corrected chi connectivity index (χ0v) is 17.4. The fourth-order valence-electron chi connectivity index (χ4n) is 2.49. The number of halogens is 2. The second-order valence-corrected chi connectivity index (χ2v) is 5.71. The summed E-state index contributed by atoms with van der Waals surface area (Å²) in [5, 5.41) is 3.10. The molecule has 0 aliphatic rings. The maximum Gasteiger partial charge on any atom is 0.193 e. The molecule has 2 aromatic rings. The summed E-state index contributed by atoms with van der Waals surface area (Å²) in [6.07, 6.45) is 0.771. The van der Waals surface area contributed by atoms with Gasteiger partial charge in [-0.25, -0.2) is 4.39 Å². The van der Waals surface area contributed by atoms with E-state index < -0.39 is 0 Å². The molecule has 0 fully saturated rings. The molecule has 0 saturated heterocycles. The molecule has 2 rings (SSSR count). The SMILES string of the molecule is COCc1ccccc1NC(N)=NCCCN(C)c1ccccc1F.I. The molecule has 0 heterocycles. The molecule has 2 aromatic carbocycles. The molecule has 5 nitrogen and oxygen atoms in total. The molecule has 0 bridgehead atoms. The zero-order valence-electron chi connectivity index (χ0n) is 15.1. The summed E-state index contributed by atoms with van der Waals surface area (Å²) < 4.78 is 18.9. The second kappa shape index (κ2) is 11.7. The monoisotopic (exact) mass is 472 g/mol. The van der Waals surface area contributed by atoms with Crippen molar-refractivity contribution in [2.75, 3.05) is 37.5 Å². The number of nitrogens with one attached hydrogen (secondary N) is 1. The van der Waals surface area contributed by atoms with Gasteiger partial charge in [-0.1, -0.05) is 30.3 Å². The van der Waals surface area contributed by atoms with E-state index in [1.165, 1.54) is 6.07 Å².